The van der Waals surface area contributed by atoms with Crippen molar-refractivity contribution in [1.82, 2.24) is 15.2 Å². The number of para-hydroxylation sites is 1. The van der Waals surface area contributed by atoms with Crippen LogP contribution in [0, 0.1) is 6.92 Å². The number of carbonyl (C=O) groups excluding carboxylic acids is 2. The molecule has 2 aliphatic heterocycles. The van der Waals surface area contributed by atoms with Crippen LogP contribution in [0.15, 0.2) is 42.5 Å². The van der Waals surface area contributed by atoms with Gasteiger partial charge in [-0.1, -0.05) is 29.8 Å². The number of fused-ring (bicyclic) bond motifs is 6. The van der Waals surface area contributed by atoms with E-state index < -0.39 is 5.54 Å². The number of carbonyl (C=O) groups is 2. The quantitative estimate of drug-likeness (QED) is 0.672. The predicted octanol–water partition coefficient (Wildman–Crippen LogP) is 3.28. The summed E-state index contributed by atoms with van der Waals surface area (Å²) in [6, 6.07) is 13.8. The van der Waals surface area contributed by atoms with Gasteiger partial charge in [0.25, 0.3) is 5.91 Å². The number of rotatable bonds is 1. The average Bonchev–Trinajstić information content (AvgIpc) is 3.19. The summed E-state index contributed by atoms with van der Waals surface area (Å²) in [5.74, 6) is -0.103. The van der Waals surface area contributed by atoms with Gasteiger partial charge in [0, 0.05) is 42.3 Å². The summed E-state index contributed by atoms with van der Waals surface area (Å²) >= 11 is 0. The SMILES string of the molecule is CCNC(=O)N1CCc2c([nH]c3ccc(C)cc23)C12C(=O)N(C)c1ccccc12. The Bertz CT molecular complexity index is 1160. The molecular formula is C23H24N4O2. The van der Waals surface area contributed by atoms with E-state index in [0.29, 0.717) is 19.5 Å². The van der Waals surface area contributed by atoms with Crippen LogP contribution in [0.1, 0.15) is 29.3 Å². The monoisotopic (exact) mass is 388 g/mol. The molecule has 0 radical (unpaired) electrons. The standard InChI is InChI=1S/C23H24N4O2/c1-4-24-22(29)27-12-11-15-16-13-14(2)9-10-18(16)25-20(15)23(27)17-7-5-6-8-19(17)26(3)21(23)28/h5-10,13,25H,4,11-12H2,1-3H3,(H,24,29). The lowest BCUT2D eigenvalue weighted by atomic mass is 9.80. The number of H-pyrrole nitrogens is 1. The molecule has 148 valence electrons. The number of anilines is 1. The molecule has 0 fully saturated rings. The van der Waals surface area contributed by atoms with Gasteiger partial charge in [-0.05, 0) is 44.0 Å². The van der Waals surface area contributed by atoms with E-state index in [1.165, 1.54) is 5.56 Å². The van der Waals surface area contributed by atoms with Crippen molar-refractivity contribution < 1.29 is 9.59 Å². The van der Waals surface area contributed by atoms with E-state index in [1.54, 1.807) is 16.8 Å². The number of hydrogen-bond acceptors (Lipinski definition) is 2. The maximum Gasteiger partial charge on any atom is 0.318 e. The van der Waals surface area contributed by atoms with Crippen molar-refractivity contribution in [1.29, 1.82) is 0 Å². The fourth-order valence-corrected chi connectivity index (χ4v) is 5.00. The Hall–Kier alpha value is -3.28. The molecule has 1 spiro atoms. The lowest BCUT2D eigenvalue weighted by molar-refractivity contribution is -0.126. The highest BCUT2D eigenvalue weighted by Gasteiger charge is 2.60. The molecule has 3 heterocycles. The third-order valence-corrected chi connectivity index (χ3v) is 6.26. The lowest BCUT2D eigenvalue weighted by Gasteiger charge is -2.43. The normalized spacial score (nSPS) is 20.3. The van der Waals surface area contributed by atoms with Gasteiger partial charge in [0.1, 0.15) is 0 Å². The second-order valence-corrected chi connectivity index (χ2v) is 7.86. The zero-order valence-corrected chi connectivity index (χ0v) is 16.9. The Morgan fingerprint density at radius 3 is 2.83 bits per heavy atom. The van der Waals surface area contributed by atoms with Crippen molar-refractivity contribution in [2.24, 2.45) is 0 Å². The topological polar surface area (TPSA) is 68.4 Å². The molecule has 6 nitrogen and oxygen atoms in total. The van der Waals surface area contributed by atoms with Crippen LogP contribution in [0.4, 0.5) is 10.5 Å². The lowest BCUT2D eigenvalue weighted by Crippen LogP contribution is -2.61. The van der Waals surface area contributed by atoms with E-state index in [0.717, 1.165) is 33.4 Å². The fourth-order valence-electron chi connectivity index (χ4n) is 5.00. The number of hydrogen-bond donors (Lipinski definition) is 2. The zero-order valence-electron chi connectivity index (χ0n) is 16.9. The maximum atomic E-state index is 13.8. The van der Waals surface area contributed by atoms with Crippen molar-refractivity contribution in [2.75, 3.05) is 25.0 Å². The van der Waals surface area contributed by atoms with E-state index in [2.05, 4.69) is 35.4 Å². The molecule has 2 aromatic carbocycles. The van der Waals surface area contributed by atoms with Crippen molar-refractivity contribution in [3.63, 3.8) is 0 Å². The van der Waals surface area contributed by atoms with Crippen LogP contribution in [0.25, 0.3) is 10.9 Å². The van der Waals surface area contributed by atoms with Crippen LogP contribution in [0.3, 0.4) is 0 Å². The number of aryl methyl sites for hydroxylation is 1. The Kier molecular flexibility index (Phi) is 3.75. The molecule has 3 aromatic rings. The number of aromatic nitrogens is 1. The minimum atomic E-state index is -1.18. The van der Waals surface area contributed by atoms with Gasteiger partial charge >= 0.3 is 6.03 Å². The summed E-state index contributed by atoms with van der Waals surface area (Å²) in [5.41, 5.74) is 4.63. The molecule has 1 atom stereocenters. The van der Waals surface area contributed by atoms with Gasteiger partial charge in [-0.2, -0.15) is 0 Å². The highest BCUT2D eigenvalue weighted by molar-refractivity contribution is 6.12. The molecule has 5 rings (SSSR count). The summed E-state index contributed by atoms with van der Waals surface area (Å²) < 4.78 is 0. The van der Waals surface area contributed by atoms with E-state index in [-0.39, 0.29) is 11.9 Å². The second kappa shape index (κ2) is 6.11. The molecule has 0 saturated carbocycles. The first-order valence-corrected chi connectivity index (χ1v) is 10.0. The number of aromatic amines is 1. The third-order valence-electron chi connectivity index (χ3n) is 6.26. The summed E-state index contributed by atoms with van der Waals surface area (Å²) in [5, 5.41) is 4.04. The van der Waals surface area contributed by atoms with Gasteiger partial charge in [-0.3, -0.25) is 4.79 Å². The van der Waals surface area contributed by atoms with Crippen molar-refractivity contribution >= 4 is 28.5 Å². The maximum absolute atomic E-state index is 13.8. The number of amides is 3. The summed E-state index contributed by atoms with van der Waals surface area (Å²) in [6.45, 7) is 4.95. The molecule has 2 N–H and O–H groups in total. The molecule has 3 amide bonds. The number of likely N-dealkylation sites (N-methyl/N-ethyl adjacent to an activating group) is 1. The minimum absolute atomic E-state index is 0.103. The number of nitrogens with zero attached hydrogens (tertiary/aromatic N) is 2. The summed E-state index contributed by atoms with van der Waals surface area (Å²) in [7, 11) is 1.78. The van der Waals surface area contributed by atoms with E-state index in [4.69, 9.17) is 0 Å². The van der Waals surface area contributed by atoms with E-state index >= 15 is 0 Å². The van der Waals surface area contributed by atoms with Gasteiger partial charge in [0.2, 0.25) is 0 Å². The molecule has 0 aliphatic carbocycles. The van der Waals surface area contributed by atoms with Crippen molar-refractivity contribution in [3.8, 4) is 0 Å². The molecule has 1 aromatic heterocycles. The molecule has 29 heavy (non-hydrogen) atoms. The van der Waals surface area contributed by atoms with Gasteiger partial charge < -0.3 is 20.1 Å². The number of benzene rings is 2. The van der Waals surface area contributed by atoms with Gasteiger partial charge in [-0.25, -0.2) is 4.79 Å². The number of nitrogens with one attached hydrogen (secondary N) is 2. The Balaban J connectivity index is 1.86. The molecule has 1 unspecified atom stereocenters. The van der Waals surface area contributed by atoms with E-state index in [1.807, 2.05) is 31.2 Å². The summed E-state index contributed by atoms with van der Waals surface area (Å²) in [6.07, 6.45) is 0.705. The Labute approximate surface area is 169 Å². The summed E-state index contributed by atoms with van der Waals surface area (Å²) in [4.78, 5) is 33.9. The third kappa shape index (κ3) is 2.17. The predicted molar refractivity (Wildman–Crippen MR) is 113 cm³/mol. The van der Waals surface area contributed by atoms with E-state index in [9.17, 15) is 9.59 Å². The van der Waals surface area contributed by atoms with Crippen LogP contribution < -0.4 is 10.2 Å². The smallest absolute Gasteiger partial charge is 0.318 e. The first kappa shape index (κ1) is 17.8. The minimum Gasteiger partial charge on any atom is -0.355 e. The van der Waals surface area contributed by atoms with Crippen LogP contribution in [-0.2, 0) is 16.8 Å². The highest BCUT2D eigenvalue weighted by Crippen LogP contribution is 2.51. The van der Waals surface area contributed by atoms with Gasteiger partial charge in [0.05, 0.1) is 5.69 Å². The molecule has 2 aliphatic rings. The molecule has 0 bridgehead atoms. The fraction of sp³-hybridized carbons (Fsp3) is 0.304. The molecule has 6 heteroatoms. The largest absolute Gasteiger partial charge is 0.355 e. The molecular weight excluding hydrogens is 364 g/mol. The molecule has 0 saturated heterocycles. The van der Waals surface area contributed by atoms with Gasteiger partial charge in [0.15, 0.2) is 5.54 Å². The van der Waals surface area contributed by atoms with Crippen LogP contribution in [-0.4, -0.2) is 42.0 Å². The zero-order chi connectivity index (χ0) is 20.3. The van der Waals surface area contributed by atoms with Gasteiger partial charge in [-0.15, -0.1) is 0 Å². The number of urea groups is 1. The average molecular weight is 388 g/mol. The van der Waals surface area contributed by atoms with Crippen molar-refractivity contribution in [2.45, 2.75) is 25.8 Å². The Morgan fingerprint density at radius 1 is 1.24 bits per heavy atom. The first-order chi connectivity index (χ1) is 14.0. The van der Waals surface area contributed by atoms with Crippen LogP contribution in [0.2, 0.25) is 0 Å². The highest BCUT2D eigenvalue weighted by atomic mass is 16.2. The second-order valence-electron chi connectivity index (χ2n) is 7.86. The Morgan fingerprint density at radius 2 is 2.03 bits per heavy atom. The van der Waals surface area contributed by atoms with Crippen LogP contribution >= 0.6 is 0 Å². The van der Waals surface area contributed by atoms with Crippen molar-refractivity contribution in [3.05, 3.63) is 64.8 Å². The van der Waals surface area contributed by atoms with Crippen LogP contribution in [0.5, 0.6) is 0 Å². The first-order valence-electron chi connectivity index (χ1n) is 10.0.